The lowest BCUT2D eigenvalue weighted by Gasteiger charge is -2.15. The molecule has 0 aliphatic heterocycles. The zero-order valence-corrected chi connectivity index (χ0v) is 18.4. The molecule has 0 radical (unpaired) electrons. The van der Waals surface area contributed by atoms with Gasteiger partial charge in [-0.3, -0.25) is 13.8 Å². The Morgan fingerprint density at radius 3 is 2.65 bits per heavy atom. The van der Waals surface area contributed by atoms with Crippen LogP contribution >= 0.6 is 23.1 Å². The average molecular weight is 451 g/mol. The lowest BCUT2D eigenvalue weighted by Crippen LogP contribution is -2.24. The molecule has 3 heterocycles. The van der Waals surface area contributed by atoms with Gasteiger partial charge in [-0.2, -0.15) is 0 Å². The minimum Gasteiger partial charge on any atom is -0.275 e. The Bertz CT molecular complexity index is 1420. The number of nitrogens with zero attached hydrogens (tertiary/aromatic N) is 4. The van der Waals surface area contributed by atoms with Gasteiger partial charge in [0.05, 0.1) is 5.52 Å². The highest BCUT2D eigenvalue weighted by molar-refractivity contribution is 7.98. The van der Waals surface area contributed by atoms with Crippen LogP contribution in [0.15, 0.2) is 76.0 Å². The van der Waals surface area contributed by atoms with E-state index in [1.54, 1.807) is 16.7 Å². The van der Waals surface area contributed by atoms with Crippen molar-refractivity contribution in [1.82, 2.24) is 19.2 Å². The van der Waals surface area contributed by atoms with E-state index in [0.717, 1.165) is 11.1 Å². The quantitative estimate of drug-likeness (QED) is 0.328. The van der Waals surface area contributed by atoms with E-state index in [1.807, 2.05) is 40.1 Å². The van der Waals surface area contributed by atoms with Gasteiger partial charge in [0.2, 0.25) is 5.78 Å². The molecule has 5 rings (SSSR count). The molecule has 0 saturated carbocycles. The zero-order valence-electron chi connectivity index (χ0n) is 16.7. The Balaban J connectivity index is 1.57. The highest BCUT2D eigenvalue weighted by Gasteiger charge is 2.20. The van der Waals surface area contributed by atoms with E-state index in [4.69, 9.17) is 0 Å². The fourth-order valence-electron chi connectivity index (χ4n) is 3.68. The molecule has 0 saturated heterocycles. The summed E-state index contributed by atoms with van der Waals surface area (Å²) in [6, 6.07) is 18.7. The fraction of sp³-hybridized carbons (Fsp3) is 0.174. The van der Waals surface area contributed by atoms with Crippen LogP contribution in [0.2, 0.25) is 0 Å². The predicted octanol–water partition coefficient (Wildman–Crippen LogP) is 5.34. The van der Waals surface area contributed by atoms with Crippen molar-refractivity contribution in [3.8, 4) is 0 Å². The van der Waals surface area contributed by atoms with E-state index in [2.05, 4.69) is 29.3 Å². The summed E-state index contributed by atoms with van der Waals surface area (Å²) in [5.74, 6) is 0.831. The second-order valence-electron chi connectivity index (χ2n) is 7.36. The van der Waals surface area contributed by atoms with Crippen molar-refractivity contribution in [1.29, 1.82) is 0 Å². The number of fused-ring (bicyclic) bond motifs is 3. The number of rotatable bonds is 6. The van der Waals surface area contributed by atoms with Gasteiger partial charge in [0.15, 0.2) is 5.16 Å². The van der Waals surface area contributed by atoms with E-state index in [0.29, 0.717) is 33.5 Å². The first kappa shape index (κ1) is 20.0. The molecule has 0 spiro atoms. The summed E-state index contributed by atoms with van der Waals surface area (Å²) in [5, 5.41) is 11.3. The van der Waals surface area contributed by atoms with E-state index in [9.17, 15) is 9.18 Å². The highest BCUT2D eigenvalue weighted by Crippen LogP contribution is 2.28. The van der Waals surface area contributed by atoms with Crippen molar-refractivity contribution in [2.24, 2.45) is 0 Å². The Labute approximate surface area is 186 Å². The third-order valence-corrected chi connectivity index (χ3v) is 7.19. The van der Waals surface area contributed by atoms with Crippen LogP contribution in [0.3, 0.4) is 0 Å². The average Bonchev–Trinajstić information content (AvgIpc) is 3.44. The maximum absolute atomic E-state index is 14.1. The molecule has 0 amide bonds. The van der Waals surface area contributed by atoms with Crippen LogP contribution in [0.5, 0.6) is 0 Å². The molecule has 5 aromatic rings. The van der Waals surface area contributed by atoms with Gasteiger partial charge in [0.25, 0.3) is 5.56 Å². The van der Waals surface area contributed by atoms with Crippen molar-refractivity contribution in [3.05, 3.63) is 93.3 Å². The van der Waals surface area contributed by atoms with Gasteiger partial charge in [-0.05, 0) is 34.6 Å². The molecule has 0 bridgehead atoms. The predicted molar refractivity (Wildman–Crippen MR) is 123 cm³/mol. The lowest BCUT2D eigenvalue weighted by molar-refractivity contribution is 0.588. The maximum atomic E-state index is 14.1. The van der Waals surface area contributed by atoms with Gasteiger partial charge in [-0.25, -0.2) is 4.39 Å². The first-order valence-corrected chi connectivity index (χ1v) is 11.8. The molecule has 0 aliphatic rings. The van der Waals surface area contributed by atoms with Gasteiger partial charge < -0.3 is 0 Å². The smallest absolute Gasteiger partial charge is 0.272 e. The minimum absolute atomic E-state index is 0.0571. The largest absolute Gasteiger partial charge is 0.275 e. The summed E-state index contributed by atoms with van der Waals surface area (Å²) in [4.78, 5) is 13.2. The molecule has 8 heteroatoms. The van der Waals surface area contributed by atoms with Crippen molar-refractivity contribution in [2.75, 3.05) is 0 Å². The molecule has 31 heavy (non-hydrogen) atoms. The Morgan fingerprint density at radius 1 is 1.06 bits per heavy atom. The third-order valence-electron chi connectivity index (χ3n) is 5.32. The Kier molecular flexibility index (Phi) is 5.33. The number of hydrogen-bond donors (Lipinski definition) is 0. The zero-order chi connectivity index (χ0) is 21.4. The van der Waals surface area contributed by atoms with Gasteiger partial charge in [0.1, 0.15) is 10.5 Å². The number of aromatic nitrogens is 4. The van der Waals surface area contributed by atoms with Crippen molar-refractivity contribution >= 4 is 39.1 Å². The van der Waals surface area contributed by atoms with Crippen LogP contribution in [-0.2, 0) is 12.3 Å². The van der Waals surface area contributed by atoms with Crippen LogP contribution in [0.25, 0.3) is 16.0 Å². The molecular formula is C23H19FN4OS2. The molecule has 5 nitrogen and oxygen atoms in total. The molecule has 0 N–H and O–H groups in total. The summed E-state index contributed by atoms with van der Waals surface area (Å²) in [5.41, 5.74) is 2.50. The topological polar surface area (TPSA) is 52.2 Å². The van der Waals surface area contributed by atoms with Crippen LogP contribution in [-0.4, -0.2) is 19.2 Å². The van der Waals surface area contributed by atoms with E-state index in [1.165, 1.54) is 29.2 Å². The molecular weight excluding hydrogens is 431 g/mol. The molecule has 0 fully saturated rings. The molecule has 1 atom stereocenters. The third kappa shape index (κ3) is 3.66. The first-order valence-electron chi connectivity index (χ1n) is 9.90. The van der Waals surface area contributed by atoms with E-state index < -0.39 is 0 Å². The van der Waals surface area contributed by atoms with Crippen LogP contribution < -0.4 is 5.56 Å². The van der Waals surface area contributed by atoms with Gasteiger partial charge in [-0.1, -0.05) is 67.2 Å². The SMILES string of the molecule is C[C@@H](Cn1c(=O)c2sccc2n2c(SCc3ccccc3F)nnc12)c1ccccc1. The number of benzene rings is 2. The second kappa shape index (κ2) is 8.28. The maximum Gasteiger partial charge on any atom is 0.272 e. The van der Waals surface area contributed by atoms with Gasteiger partial charge in [0, 0.05) is 12.3 Å². The molecule has 2 aromatic carbocycles. The summed E-state index contributed by atoms with van der Waals surface area (Å²) < 4.78 is 18.3. The normalized spacial score (nSPS) is 12.6. The first-order chi connectivity index (χ1) is 15.1. The molecule has 0 aliphatic carbocycles. The van der Waals surface area contributed by atoms with Crippen LogP contribution in [0.1, 0.15) is 24.0 Å². The summed E-state index contributed by atoms with van der Waals surface area (Å²) >= 11 is 2.83. The number of thioether (sulfide) groups is 1. The monoisotopic (exact) mass is 450 g/mol. The van der Waals surface area contributed by atoms with Crippen molar-refractivity contribution in [2.45, 2.75) is 30.3 Å². The van der Waals surface area contributed by atoms with Crippen molar-refractivity contribution in [3.63, 3.8) is 0 Å². The fourth-order valence-corrected chi connectivity index (χ4v) is 5.43. The van der Waals surface area contributed by atoms with Crippen LogP contribution in [0.4, 0.5) is 4.39 Å². The standard InChI is InChI=1S/C23H19FN4OS2/c1-15(16-7-3-2-4-8-16)13-27-21(29)20-19(11-12-30-20)28-22(27)25-26-23(28)31-14-17-9-5-6-10-18(17)24/h2-12,15H,13-14H2,1H3/t15-/m0/s1. The Morgan fingerprint density at radius 2 is 1.84 bits per heavy atom. The number of halogens is 1. The van der Waals surface area contributed by atoms with E-state index in [-0.39, 0.29) is 17.3 Å². The second-order valence-corrected chi connectivity index (χ2v) is 9.22. The molecule has 0 unspecified atom stereocenters. The molecule has 156 valence electrons. The molecule has 3 aromatic heterocycles. The van der Waals surface area contributed by atoms with Gasteiger partial charge >= 0.3 is 0 Å². The lowest BCUT2D eigenvalue weighted by atomic mass is 10.0. The van der Waals surface area contributed by atoms with E-state index >= 15 is 0 Å². The van der Waals surface area contributed by atoms with Gasteiger partial charge in [-0.15, -0.1) is 21.5 Å². The van der Waals surface area contributed by atoms with Crippen LogP contribution in [0, 0.1) is 5.82 Å². The number of thiophene rings is 1. The summed E-state index contributed by atoms with van der Waals surface area (Å²) in [6.07, 6.45) is 0. The minimum atomic E-state index is -0.238. The number of hydrogen-bond acceptors (Lipinski definition) is 5. The van der Waals surface area contributed by atoms with Crippen molar-refractivity contribution < 1.29 is 4.39 Å². The summed E-state index contributed by atoms with van der Waals surface area (Å²) in [6.45, 7) is 2.59. The summed E-state index contributed by atoms with van der Waals surface area (Å²) in [7, 11) is 0. The Hall–Kier alpha value is -2.97. The highest BCUT2D eigenvalue weighted by atomic mass is 32.2.